The van der Waals surface area contributed by atoms with E-state index in [0.29, 0.717) is 18.8 Å². The summed E-state index contributed by atoms with van der Waals surface area (Å²) >= 11 is 3.07. The average Bonchev–Trinajstić information content (AvgIpc) is 2.26. The van der Waals surface area contributed by atoms with Crippen molar-refractivity contribution in [3.8, 4) is 0 Å². The van der Waals surface area contributed by atoms with Crippen LogP contribution < -0.4 is 0 Å². The first-order valence-electron chi connectivity index (χ1n) is 6.97. The molecule has 1 N–H and O–H groups in total. The molecule has 0 radical (unpaired) electrons. The van der Waals surface area contributed by atoms with E-state index in [1.54, 1.807) is 0 Å². The molecule has 2 unspecified atom stereocenters. The average molecular weight is 347 g/mol. The van der Waals surface area contributed by atoms with Gasteiger partial charge in [-0.25, -0.2) is 8.78 Å². The monoisotopic (exact) mass is 346 g/mol. The first kappa shape index (κ1) is 15.9. The summed E-state index contributed by atoms with van der Waals surface area (Å²) in [6, 6.07) is 2.59. The van der Waals surface area contributed by atoms with E-state index in [4.69, 9.17) is 0 Å². The van der Waals surface area contributed by atoms with Crippen molar-refractivity contribution < 1.29 is 13.9 Å². The molecule has 0 aromatic heterocycles. The fourth-order valence-corrected chi connectivity index (χ4v) is 4.27. The molecule has 2 rings (SSSR count). The topological polar surface area (TPSA) is 20.2 Å². The largest absolute Gasteiger partial charge is 0.390 e. The van der Waals surface area contributed by atoms with Gasteiger partial charge in [0.2, 0.25) is 0 Å². The zero-order valence-corrected chi connectivity index (χ0v) is 13.7. The molecule has 4 heteroatoms. The van der Waals surface area contributed by atoms with Crippen LogP contribution in [0.4, 0.5) is 8.78 Å². The van der Waals surface area contributed by atoms with Gasteiger partial charge in [-0.3, -0.25) is 0 Å². The predicted octanol–water partition coefficient (Wildman–Crippen LogP) is 4.85. The lowest BCUT2D eigenvalue weighted by Crippen LogP contribution is -2.44. The van der Waals surface area contributed by atoms with Crippen LogP contribution in [0.5, 0.6) is 0 Å². The lowest BCUT2D eigenvalue weighted by Gasteiger charge is -2.44. The van der Waals surface area contributed by atoms with Crippen molar-refractivity contribution in [2.24, 2.45) is 11.3 Å². The highest BCUT2D eigenvalue weighted by Crippen LogP contribution is 2.45. The molecule has 20 heavy (non-hydrogen) atoms. The number of aliphatic hydroxyl groups is 1. The van der Waals surface area contributed by atoms with Gasteiger partial charge >= 0.3 is 0 Å². The molecule has 1 aliphatic carbocycles. The van der Waals surface area contributed by atoms with Crippen LogP contribution in [0.2, 0.25) is 0 Å². The van der Waals surface area contributed by atoms with E-state index < -0.39 is 17.2 Å². The molecule has 0 aliphatic heterocycles. The first-order valence-corrected chi connectivity index (χ1v) is 7.76. The Hall–Kier alpha value is -0.480. The Morgan fingerprint density at radius 1 is 1.30 bits per heavy atom. The Labute approximate surface area is 127 Å². The van der Waals surface area contributed by atoms with Crippen LogP contribution in [0.25, 0.3) is 0 Å². The smallest absolute Gasteiger partial charge is 0.143 e. The molecule has 0 saturated heterocycles. The molecular formula is C16H21BrF2O. The summed E-state index contributed by atoms with van der Waals surface area (Å²) in [5.74, 6) is -0.841. The fraction of sp³-hybridized carbons (Fsp3) is 0.625. The Kier molecular flexibility index (Phi) is 4.27. The molecule has 1 nitrogen and oxygen atoms in total. The number of hydrogen-bond acceptors (Lipinski definition) is 1. The summed E-state index contributed by atoms with van der Waals surface area (Å²) in [6.45, 7) is 6.28. The van der Waals surface area contributed by atoms with Gasteiger partial charge < -0.3 is 5.11 Å². The molecule has 2 atom stereocenters. The van der Waals surface area contributed by atoms with Crippen LogP contribution in [0.15, 0.2) is 16.6 Å². The Morgan fingerprint density at radius 3 is 2.55 bits per heavy atom. The van der Waals surface area contributed by atoms with Crippen molar-refractivity contribution in [3.05, 3.63) is 33.8 Å². The number of benzene rings is 1. The molecule has 1 aliphatic rings. The van der Waals surface area contributed by atoms with Crippen LogP contribution in [0, 0.1) is 23.0 Å². The van der Waals surface area contributed by atoms with Crippen molar-refractivity contribution in [3.63, 3.8) is 0 Å². The van der Waals surface area contributed by atoms with Gasteiger partial charge in [-0.1, -0.05) is 20.8 Å². The normalized spacial score (nSPS) is 29.4. The van der Waals surface area contributed by atoms with E-state index in [9.17, 15) is 13.9 Å². The molecule has 1 saturated carbocycles. The quantitative estimate of drug-likeness (QED) is 0.759. The zero-order chi connectivity index (χ0) is 15.1. The highest BCUT2D eigenvalue weighted by Gasteiger charge is 2.42. The summed E-state index contributed by atoms with van der Waals surface area (Å²) in [5.41, 5.74) is -1.07. The maximum absolute atomic E-state index is 14.1. The van der Waals surface area contributed by atoms with Gasteiger partial charge in [0.15, 0.2) is 0 Å². The SMILES string of the molecule is CC1CC(C)(C)CC(O)(Cc2c(F)ccc(Br)c2F)C1. The van der Waals surface area contributed by atoms with Crippen molar-refractivity contribution in [2.75, 3.05) is 0 Å². The van der Waals surface area contributed by atoms with Gasteiger partial charge in [-0.2, -0.15) is 0 Å². The van der Waals surface area contributed by atoms with Crippen LogP contribution in [-0.4, -0.2) is 10.7 Å². The van der Waals surface area contributed by atoms with Crippen molar-refractivity contribution in [1.29, 1.82) is 0 Å². The number of hydrogen-bond donors (Lipinski definition) is 1. The first-order chi connectivity index (χ1) is 9.12. The Morgan fingerprint density at radius 2 is 1.95 bits per heavy atom. The summed E-state index contributed by atoms with van der Waals surface area (Å²) in [4.78, 5) is 0. The van der Waals surface area contributed by atoms with Gasteiger partial charge in [0, 0.05) is 12.0 Å². The van der Waals surface area contributed by atoms with Crippen molar-refractivity contribution in [1.82, 2.24) is 0 Å². The summed E-state index contributed by atoms with van der Waals surface area (Å²) in [6.07, 6.45) is 2.20. The molecule has 1 aromatic carbocycles. The van der Waals surface area contributed by atoms with E-state index >= 15 is 0 Å². The van der Waals surface area contributed by atoms with Crippen LogP contribution in [0.3, 0.4) is 0 Å². The third kappa shape index (κ3) is 3.40. The Balaban J connectivity index is 2.31. The van der Waals surface area contributed by atoms with E-state index in [1.807, 2.05) is 0 Å². The van der Waals surface area contributed by atoms with Gasteiger partial charge in [0.25, 0.3) is 0 Å². The molecule has 112 valence electrons. The minimum absolute atomic E-state index is 0.00855. The maximum Gasteiger partial charge on any atom is 0.143 e. The number of rotatable bonds is 2. The number of halogens is 3. The molecule has 0 heterocycles. The van der Waals surface area contributed by atoms with Gasteiger partial charge in [0.05, 0.1) is 10.1 Å². The van der Waals surface area contributed by atoms with Gasteiger partial charge in [-0.15, -0.1) is 0 Å². The van der Waals surface area contributed by atoms with Crippen molar-refractivity contribution in [2.45, 2.75) is 52.1 Å². The minimum Gasteiger partial charge on any atom is -0.390 e. The molecule has 0 spiro atoms. The summed E-state index contributed by atoms with van der Waals surface area (Å²) in [5, 5.41) is 10.8. The second-order valence-corrected chi connectivity index (χ2v) is 7.93. The molecular weight excluding hydrogens is 326 g/mol. The zero-order valence-electron chi connectivity index (χ0n) is 12.1. The third-order valence-corrected chi connectivity index (χ3v) is 4.69. The van der Waals surface area contributed by atoms with E-state index in [2.05, 4.69) is 36.7 Å². The molecule has 0 bridgehead atoms. The predicted molar refractivity (Wildman–Crippen MR) is 79.5 cm³/mol. The molecule has 1 aromatic rings. The maximum atomic E-state index is 14.1. The fourth-order valence-electron chi connectivity index (χ4n) is 3.89. The molecule has 0 amide bonds. The lowest BCUT2D eigenvalue weighted by molar-refractivity contribution is -0.0584. The van der Waals surface area contributed by atoms with Gasteiger partial charge in [0.1, 0.15) is 11.6 Å². The Bertz CT molecular complexity index is 515. The van der Waals surface area contributed by atoms with E-state index in [1.165, 1.54) is 12.1 Å². The second-order valence-electron chi connectivity index (χ2n) is 7.08. The minimum atomic E-state index is -1.04. The third-order valence-electron chi connectivity index (χ3n) is 4.08. The summed E-state index contributed by atoms with van der Waals surface area (Å²) < 4.78 is 28.2. The highest BCUT2D eigenvalue weighted by atomic mass is 79.9. The highest BCUT2D eigenvalue weighted by molar-refractivity contribution is 9.10. The lowest BCUT2D eigenvalue weighted by atomic mass is 9.64. The van der Waals surface area contributed by atoms with Gasteiger partial charge in [-0.05, 0) is 58.7 Å². The van der Waals surface area contributed by atoms with Crippen LogP contribution >= 0.6 is 15.9 Å². The van der Waals surface area contributed by atoms with E-state index in [0.717, 1.165) is 6.42 Å². The summed E-state index contributed by atoms with van der Waals surface area (Å²) in [7, 11) is 0. The van der Waals surface area contributed by atoms with Crippen LogP contribution in [-0.2, 0) is 6.42 Å². The van der Waals surface area contributed by atoms with Crippen LogP contribution in [0.1, 0.15) is 45.6 Å². The standard InChI is InChI=1S/C16H21BrF2O/c1-10-6-15(2,3)9-16(20,7-10)8-11-13(18)5-4-12(17)14(11)19/h4-5,10,20H,6-9H2,1-3H3. The second kappa shape index (κ2) is 5.38. The van der Waals surface area contributed by atoms with Crippen molar-refractivity contribution >= 4 is 15.9 Å². The van der Waals surface area contributed by atoms with E-state index in [-0.39, 0.29) is 21.9 Å². The molecule has 1 fully saturated rings.